The van der Waals surface area contributed by atoms with Gasteiger partial charge in [-0.3, -0.25) is 9.98 Å². The Hall–Kier alpha value is -3.02. The number of aromatic hydroxyl groups is 2. The van der Waals surface area contributed by atoms with Crippen LogP contribution in [-0.2, 0) is 0 Å². The number of ether oxygens (including phenoxy) is 2. The number of nitrogens with zero attached hydrogens (tertiary/aromatic N) is 2. The van der Waals surface area contributed by atoms with Crippen molar-refractivity contribution in [3.63, 3.8) is 0 Å². The van der Waals surface area contributed by atoms with Crippen molar-refractivity contribution >= 4 is 11.4 Å². The molecule has 6 nitrogen and oxygen atoms in total. The summed E-state index contributed by atoms with van der Waals surface area (Å²) in [6.07, 6.45) is 20.2. The highest BCUT2D eigenvalue weighted by atomic mass is 16.5. The number of phenolic OH excluding ortho intramolecular Hbond substituents is 2. The predicted molar refractivity (Wildman–Crippen MR) is 191 cm³/mol. The molecule has 45 heavy (non-hydrogen) atoms. The Morgan fingerprint density at radius 2 is 1.00 bits per heavy atom. The minimum absolute atomic E-state index is 0.0892. The SMILES string of the molecule is CCCCCCCCCCOc1ccc(C(C)=NCC(C)N=C(C)c2ccc(OCCCCCCCCCC)cc2O)c(O)c1. The summed E-state index contributed by atoms with van der Waals surface area (Å²) >= 11 is 0. The molecular weight excluding hydrogens is 560 g/mol. The normalized spacial score (nSPS) is 12.8. The summed E-state index contributed by atoms with van der Waals surface area (Å²) in [6.45, 7) is 12.1. The smallest absolute Gasteiger partial charge is 0.128 e. The lowest BCUT2D eigenvalue weighted by Gasteiger charge is -2.12. The fourth-order valence-electron chi connectivity index (χ4n) is 5.46. The predicted octanol–water partition coefficient (Wildman–Crippen LogP) is 10.8. The van der Waals surface area contributed by atoms with Gasteiger partial charge in [-0.15, -0.1) is 0 Å². The van der Waals surface area contributed by atoms with Crippen molar-refractivity contribution < 1.29 is 19.7 Å². The minimum Gasteiger partial charge on any atom is -0.507 e. The largest absolute Gasteiger partial charge is 0.507 e. The first-order chi connectivity index (χ1) is 21.8. The molecule has 0 aliphatic heterocycles. The van der Waals surface area contributed by atoms with Crippen LogP contribution in [0.3, 0.4) is 0 Å². The van der Waals surface area contributed by atoms with E-state index in [1.165, 1.54) is 89.9 Å². The average Bonchev–Trinajstić information content (AvgIpc) is 3.02. The van der Waals surface area contributed by atoms with Gasteiger partial charge in [0.15, 0.2) is 0 Å². The Balaban J connectivity index is 1.76. The number of aliphatic imine (C=N–C) groups is 2. The van der Waals surface area contributed by atoms with Gasteiger partial charge < -0.3 is 19.7 Å². The molecule has 0 aliphatic carbocycles. The second kappa shape index (κ2) is 23.3. The van der Waals surface area contributed by atoms with Crippen LogP contribution in [0.15, 0.2) is 46.4 Å². The van der Waals surface area contributed by atoms with E-state index < -0.39 is 0 Å². The summed E-state index contributed by atoms with van der Waals surface area (Å²) < 4.78 is 11.7. The molecule has 0 saturated carbocycles. The molecular formula is C39H62N2O4. The zero-order chi connectivity index (χ0) is 32.7. The first kappa shape index (κ1) is 38.2. The molecule has 6 heteroatoms. The van der Waals surface area contributed by atoms with Crippen LogP contribution in [0.5, 0.6) is 23.0 Å². The van der Waals surface area contributed by atoms with Gasteiger partial charge in [0.05, 0.1) is 25.8 Å². The number of unbranched alkanes of at least 4 members (excludes halogenated alkanes) is 14. The third-order valence-electron chi connectivity index (χ3n) is 8.26. The molecule has 0 heterocycles. The van der Waals surface area contributed by atoms with Crippen LogP contribution in [0.2, 0.25) is 0 Å². The van der Waals surface area contributed by atoms with Crippen molar-refractivity contribution in [3.8, 4) is 23.0 Å². The standard InChI is InChI=1S/C39H62N2O4/c1-6-8-10-12-14-16-18-20-26-44-34-22-24-36(38(42)28-34)32(4)40-30-31(3)41-33(5)37-25-23-35(29-39(37)43)45-27-21-19-17-15-13-11-9-7-2/h22-25,28-29,31,42-43H,6-21,26-27,30H2,1-5H3. The number of hydrogen-bond acceptors (Lipinski definition) is 6. The second-order valence-electron chi connectivity index (χ2n) is 12.5. The zero-order valence-corrected chi connectivity index (χ0v) is 29.1. The van der Waals surface area contributed by atoms with E-state index in [9.17, 15) is 10.2 Å². The van der Waals surface area contributed by atoms with Crippen molar-refractivity contribution in [2.24, 2.45) is 9.98 Å². The fourth-order valence-corrected chi connectivity index (χ4v) is 5.46. The maximum Gasteiger partial charge on any atom is 0.128 e. The maximum atomic E-state index is 10.6. The van der Waals surface area contributed by atoms with Crippen molar-refractivity contribution in [2.75, 3.05) is 19.8 Å². The molecule has 1 unspecified atom stereocenters. The lowest BCUT2D eigenvalue weighted by Crippen LogP contribution is -2.10. The summed E-state index contributed by atoms with van der Waals surface area (Å²) in [4.78, 5) is 9.45. The Kier molecular flexibility index (Phi) is 19.8. The van der Waals surface area contributed by atoms with E-state index in [0.29, 0.717) is 42.4 Å². The molecule has 2 N–H and O–H groups in total. The van der Waals surface area contributed by atoms with Gasteiger partial charge >= 0.3 is 0 Å². The zero-order valence-electron chi connectivity index (χ0n) is 29.1. The van der Waals surface area contributed by atoms with Crippen LogP contribution in [0.25, 0.3) is 0 Å². The first-order valence-electron chi connectivity index (χ1n) is 17.8. The molecule has 0 radical (unpaired) electrons. The van der Waals surface area contributed by atoms with Crippen molar-refractivity contribution in [3.05, 3.63) is 47.5 Å². The monoisotopic (exact) mass is 622 g/mol. The second-order valence-corrected chi connectivity index (χ2v) is 12.5. The van der Waals surface area contributed by atoms with E-state index >= 15 is 0 Å². The van der Waals surface area contributed by atoms with Gasteiger partial charge in [-0.05, 0) is 57.9 Å². The van der Waals surface area contributed by atoms with Crippen LogP contribution in [0.4, 0.5) is 0 Å². The topological polar surface area (TPSA) is 83.6 Å². The Labute approximate surface area is 274 Å². The van der Waals surface area contributed by atoms with Gasteiger partial charge in [0.1, 0.15) is 23.0 Å². The van der Waals surface area contributed by atoms with E-state index in [1.54, 1.807) is 12.1 Å². The van der Waals surface area contributed by atoms with Crippen molar-refractivity contribution in [1.29, 1.82) is 0 Å². The van der Waals surface area contributed by atoms with E-state index in [1.807, 2.05) is 45.0 Å². The number of phenols is 2. The van der Waals surface area contributed by atoms with Gasteiger partial charge in [-0.1, -0.05) is 104 Å². The van der Waals surface area contributed by atoms with Gasteiger partial charge in [-0.25, -0.2) is 0 Å². The van der Waals surface area contributed by atoms with Crippen LogP contribution >= 0.6 is 0 Å². The van der Waals surface area contributed by atoms with E-state index in [2.05, 4.69) is 13.8 Å². The van der Waals surface area contributed by atoms with Crippen LogP contribution in [0.1, 0.15) is 148 Å². The molecule has 0 aromatic heterocycles. The highest BCUT2D eigenvalue weighted by molar-refractivity contribution is 6.02. The third-order valence-corrected chi connectivity index (χ3v) is 8.26. The molecule has 0 fully saturated rings. The number of benzene rings is 2. The van der Waals surface area contributed by atoms with Gasteiger partial charge in [-0.2, -0.15) is 0 Å². The van der Waals surface area contributed by atoms with Gasteiger partial charge in [0, 0.05) is 34.7 Å². The highest BCUT2D eigenvalue weighted by Crippen LogP contribution is 2.26. The third kappa shape index (κ3) is 16.2. The molecule has 2 aromatic carbocycles. The molecule has 0 saturated heterocycles. The Morgan fingerprint density at radius 3 is 1.42 bits per heavy atom. The lowest BCUT2D eigenvalue weighted by molar-refractivity contribution is 0.302. The molecule has 0 amide bonds. The minimum atomic E-state index is -0.0892. The van der Waals surface area contributed by atoms with Crippen LogP contribution in [-0.4, -0.2) is 47.4 Å². The maximum absolute atomic E-state index is 10.6. The van der Waals surface area contributed by atoms with Gasteiger partial charge in [0.25, 0.3) is 0 Å². The summed E-state index contributed by atoms with van der Waals surface area (Å²) in [6, 6.07) is 10.8. The summed E-state index contributed by atoms with van der Waals surface area (Å²) in [5.74, 6) is 1.72. The summed E-state index contributed by atoms with van der Waals surface area (Å²) in [7, 11) is 0. The lowest BCUT2D eigenvalue weighted by atomic mass is 10.1. The Morgan fingerprint density at radius 1 is 0.600 bits per heavy atom. The Bertz CT molecular complexity index is 1140. The highest BCUT2D eigenvalue weighted by Gasteiger charge is 2.10. The van der Waals surface area contributed by atoms with Crippen molar-refractivity contribution in [2.45, 2.75) is 143 Å². The molecule has 0 spiro atoms. The van der Waals surface area contributed by atoms with E-state index in [-0.39, 0.29) is 17.5 Å². The molecule has 2 aromatic rings. The number of rotatable bonds is 25. The molecule has 252 valence electrons. The molecule has 1 atom stereocenters. The van der Waals surface area contributed by atoms with Crippen molar-refractivity contribution in [1.82, 2.24) is 0 Å². The first-order valence-corrected chi connectivity index (χ1v) is 17.8. The number of hydrogen-bond donors (Lipinski definition) is 2. The summed E-state index contributed by atoms with van der Waals surface area (Å²) in [5, 5.41) is 21.3. The van der Waals surface area contributed by atoms with Crippen LogP contribution < -0.4 is 9.47 Å². The van der Waals surface area contributed by atoms with Crippen LogP contribution in [0, 0.1) is 0 Å². The quantitative estimate of drug-likeness (QED) is 0.0852. The van der Waals surface area contributed by atoms with E-state index in [0.717, 1.165) is 24.3 Å². The fraction of sp³-hybridized carbons (Fsp3) is 0.641. The summed E-state index contributed by atoms with van der Waals surface area (Å²) in [5.41, 5.74) is 2.90. The average molecular weight is 623 g/mol. The molecule has 2 rings (SSSR count). The molecule has 0 bridgehead atoms. The van der Waals surface area contributed by atoms with E-state index in [4.69, 9.17) is 19.5 Å². The molecule has 0 aliphatic rings. The van der Waals surface area contributed by atoms with Gasteiger partial charge in [0.2, 0.25) is 0 Å².